The van der Waals surface area contributed by atoms with E-state index >= 15 is 0 Å². The molecule has 0 aromatic rings. The molecule has 0 radical (unpaired) electrons. The highest BCUT2D eigenvalue weighted by molar-refractivity contribution is 5.70. The summed E-state index contributed by atoms with van der Waals surface area (Å²) in [6.45, 7) is 2.51. The highest BCUT2D eigenvalue weighted by Crippen LogP contribution is 2.26. The minimum atomic E-state index is -1.77. The molecule has 2 heterocycles. The van der Waals surface area contributed by atoms with Gasteiger partial charge in [-0.3, -0.25) is 9.59 Å². The van der Waals surface area contributed by atoms with Crippen LogP contribution >= 0.6 is 0 Å². The number of carbonyl (C=O) groups is 2. The fraction of sp³-hybridized carbons (Fsp3) is 0.870. The van der Waals surface area contributed by atoms with Crippen molar-refractivity contribution in [3.63, 3.8) is 0 Å². The summed E-state index contributed by atoms with van der Waals surface area (Å²) in [5, 5.41) is 71.8. The minimum Gasteiger partial charge on any atom is -0.462 e. The molecule has 0 aromatic carbocycles. The van der Waals surface area contributed by atoms with E-state index in [1.807, 2.05) is 0 Å². The fourth-order valence-electron chi connectivity index (χ4n) is 7.25. The van der Waals surface area contributed by atoms with Gasteiger partial charge in [-0.2, -0.15) is 0 Å². The second-order valence-corrected chi connectivity index (χ2v) is 16.6. The molecule has 2 fully saturated rings. The van der Waals surface area contributed by atoms with Gasteiger partial charge in [-0.05, 0) is 44.9 Å². The summed E-state index contributed by atoms with van der Waals surface area (Å²) in [5.74, 6) is -0.963. The SMILES string of the molecule is CCCCCCCC/C=C/C/C=C/CCCCC(=O)OC[C@H](CO[C@@H]1O[C@H](CO[C@@H]2O[C@H](CO)[C@H](O)C(O)C2O)[C@H](O)C(O)C1O)OC(=O)CCCCCCCCCCCC. The Morgan fingerprint density at radius 1 is 0.525 bits per heavy atom. The lowest BCUT2D eigenvalue weighted by Crippen LogP contribution is -2.61. The Morgan fingerprint density at radius 3 is 1.56 bits per heavy atom. The van der Waals surface area contributed by atoms with Gasteiger partial charge >= 0.3 is 11.9 Å². The van der Waals surface area contributed by atoms with Crippen LogP contribution in [0.3, 0.4) is 0 Å². The second kappa shape index (κ2) is 34.4. The van der Waals surface area contributed by atoms with Gasteiger partial charge in [0.2, 0.25) is 0 Å². The second-order valence-electron chi connectivity index (χ2n) is 16.6. The van der Waals surface area contributed by atoms with Gasteiger partial charge in [0.15, 0.2) is 18.7 Å². The van der Waals surface area contributed by atoms with Crippen LogP contribution in [0.5, 0.6) is 0 Å². The Hall–Kier alpha value is -2.02. The van der Waals surface area contributed by atoms with E-state index in [2.05, 4.69) is 38.2 Å². The van der Waals surface area contributed by atoms with Gasteiger partial charge in [-0.1, -0.05) is 128 Å². The first-order valence-electron chi connectivity index (χ1n) is 23.4. The summed E-state index contributed by atoms with van der Waals surface area (Å²) in [4.78, 5) is 25.6. The molecule has 2 aliphatic heterocycles. The van der Waals surface area contributed by atoms with E-state index in [0.717, 1.165) is 44.9 Å². The zero-order valence-electron chi connectivity index (χ0n) is 37.1. The van der Waals surface area contributed by atoms with Crippen molar-refractivity contribution in [2.45, 2.75) is 229 Å². The van der Waals surface area contributed by atoms with Gasteiger partial charge in [0.1, 0.15) is 55.4 Å². The summed E-state index contributed by atoms with van der Waals surface area (Å²) >= 11 is 0. The Balaban J connectivity index is 1.85. The number of hydrogen-bond acceptors (Lipinski definition) is 15. The van der Waals surface area contributed by atoms with Crippen LogP contribution in [0.1, 0.15) is 162 Å². The number of esters is 2. The van der Waals surface area contributed by atoms with E-state index in [1.54, 1.807) is 0 Å². The van der Waals surface area contributed by atoms with Crippen molar-refractivity contribution in [2.75, 3.05) is 26.4 Å². The Labute approximate surface area is 364 Å². The summed E-state index contributed by atoms with van der Waals surface area (Å²) < 4.78 is 33.4. The van der Waals surface area contributed by atoms with E-state index in [-0.39, 0.29) is 26.1 Å². The molecule has 15 nitrogen and oxygen atoms in total. The van der Waals surface area contributed by atoms with Crippen molar-refractivity contribution >= 4 is 11.9 Å². The van der Waals surface area contributed by atoms with Crippen molar-refractivity contribution in [3.05, 3.63) is 24.3 Å². The van der Waals surface area contributed by atoms with Crippen molar-refractivity contribution in [2.24, 2.45) is 0 Å². The molecular formula is C46H82O15. The summed E-state index contributed by atoms with van der Waals surface area (Å²) in [5.41, 5.74) is 0. The highest BCUT2D eigenvalue weighted by Gasteiger charge is 2.47. The standard InChI is InChI=1S/C46H82O15/c1-3-5-7-9-11-13-15-16-17-18-19-21-22-24-26-28-37(48)56-31-34(59-38(49)29-27-25-23-20-14-12-10-8-6-4-2)32-57-45-44(55)42(53)40(51)36(61-45)33-58-46-43(54)41(52)39(50)35(30-47)60-46/h16-17,19,21,34-36,39-47,50-55H,3-15,18,20,22-33H2,1-2H3/b17-16+,21-19+/t34-,35-,36-,39+,40+,41?,42?,43?,44?,45-,46-/m1/s1. The topological polar surface area (TPSA) is 231 Å². The molecule has 15 heteroatoms. The zero-order valence-corrected chi connectivity index (χ0v) is 37.1. The number of allylic oxidation sites excluding steroid dienone is 4. The lowest BCUT2D eigenvalue weighted by atomic mass is 9.98. The van der Waals surface area contributed by atoms with Crippen LogP contribution in [-0.4, -0.2) is 142 Å². The van der Waals surface area contributed by atoms with Crippen LogP contribution < -0.4 is 0 Å². The molecule has 11 atom stereocenters. The quantitative estimate of drug-likeness (QED) is 0.0246. The van der Waals surface area contributed by atoms with Crippen LogP contribution in [-0.2, 0) is 38.0 Å². The van der Waals surface area contributed by atoms with E-state index < -0.39 is 92.7 Å². The van der Waals surface area contributed by atoms with E-state index in [9.17, 15) is 45.3 Å². The molecule has 0 amide bonds. The molecule has 0 aromatic heterocycles. The number of unbranched alkanes of at least 4 members (excludes halogenated alkanes) is 17. The normalized spacial score (nSPS) is 27.5. The van der Waals surface area contributed by atoms with Crippen LogP contribution in [0.15, 0.2) is 24.3 Å². The number of aliphatic hydroxyl groups excluding tert-OH is 7. The minimum absolute atomic E-state index is 0.161. The van der Waals surface area contributed by atoms with Gasteiger partial charge in [0, 0.05) is 12.8 Å². The third-order valence-corrected chi connectivity index (χ3v) is 11.2. The molecular weight excluding hydrogens is 792 g/mol. The largest absolute Gasteiger partial charge is 0.462 e. The molecule has 356 valence electrons. The van der Waals surface area contributed by atoms with Crippen molar-refractivity contribution < 1.29 is 73.8 Å². The Bertz CT molecular complexity index is 1170. The third kappa shape index (κ3) is 23.5. The van der Waals surface area contributed by atoms with Crippen molar-refractivity contribution in [1.29, 1.82) is 0 Å². The molecule has 0 spiro atoms. The van der Waals surface area contributed by atoms with E-state index in [4.69, 9.17) is 28.4 Å². The smallest absolute Gasteiger partial charge is 0.306 e. The average molecular weight is 875 g/mol. The fourth-order valence-corrected chi connectivity index (χ4v) is 7.25. The summed E-state index contributed by atoms with van der Waals surface area (Å²) in [6.07, 6.45) is 15.2. The predicted octanol–water partition coefficient (Wildman–Crippen LogP) is 5.21. The summed E-state index contributed by atoms with van der Waals surface area (Å²) in [7, 11) is 0. The van der Waals surface area contributed by atoms with Gasteiger partial charge in [-0.15, -0.1) is 0 Å². The van der Waals surface area contributed by atoms with Crippen molar-refractivity contribution in [1.82, 2.24) is 0 Å². The Kier molecular flexibility index (Phi) is 31.1. The maximum Gasteiger partial charge on any atom is 0.306 e. The lowest BCUT2D eigenvalue weighted by molar-refractivity contribution is -0.332. The first-order chi connectivity index (χ1) is 29.5. The number of hydrogen-bond donors (Lipinski definition) is 7. The molecule has 4 unspecified atom stereocenters. The van der Waals surface area contributed by atoms with Gasteiger partial charge < -0.3 is 64.2 Å². The molecule has 7 N–H and O–H groups in total. The third-order valence-electron chi connectivity index (χ3n) is 11.2. The summed E-state index contributed by atoms with van der Waals surface area (Å²) in [6, 6.07) is 0. The number of rotatable bonds is 35. The number of carbonyl (C=O) groups excluding carboxylic acids is 2. The van der Waals surface area contributed by atoms with Crippen LogP contribution in [0, 0.1) is 0 Å². The molecule has 0 saturated carbocycles. The lowest BCUT2D eigenvalue weighted by Gasteiger charge is -2.42. The number of ether oxygens (including phenoxy) is 6. The molecule has 2 rings (SSSR count). The average Bonchev–Trinajstić information content (AvgIpc) is 3.25. The van der Waals surface area contributed by atoms with Gasteiger partial charge in [-0.25, -0.2) is 0 Å². The van der Waals surface area contributed by atoms with Crippen LogP contribution in [0.25, 0.3) is 0 Å². The first kappa shape index (κ1) is 55.1. The molecule has 0 bridgehead atoms. The monoisotopic (exact) mass is 875 g/mol. The molecule has 61 heavy (non-hydrogen) atoms. The van der Waals surface area contributed by atoms with E-state index in [1.165, 1.54) is 77.0 Å². The highest BCUT2D eigenvalue weighted by atomic mass is 16.7. The molecule has 0 aliphatic carbocycles. The zero-order chi connectivity index (χ0) is 44.7. The molecule has 2 aliphatic rings. The maximum absolute atomic E-state index is 12.9. The van der Waals surface area contributed by atoms with Crippen LogP contribution in [0.2, 0.25) is 0 Å². The van der Waals surface area contributed by atoms with Crippen molar-refractivity contribution in [3.8, 4) is 0 Å². The molecule has 2 saturated heterocycles. The number of aliphatic hydroxyl groups is 7. The predicted molar refractivity (Wildman–Crippen MR) is 229 cm³/mol. The first-order valence-corrected chi connectivity index (χ1v) is 23.4. The maximum atomic E-state index is 12.9. The van der Waals surface area contributed by atoms with Crippen LogP contribution in [0.4, 0.5) is 0 Å². The Morgan fingerprint density at radius 2 is 0.984 bits per heavy atom. The van der Waals surface area contributed by atoms with Gasteiger partial charge in [0.25, 0.3) is 0 Å². The van der Waals surface area contributed by atoms with Gasteiger partial charge in [0.05, 0.1) is 19.8 Å². The van der Waals surface area contributed by atoms with E-state index in [0.29, 0.717) is 12.8 Å².